The van der Waals surface area contributed by atoms with Gasteiger partial charge in [0.1, 0.15) is 11.3 Å². The average molecular weight is 654 g/mol. The summed E-state index contributed by atoms with van der Waals surface area (Å²) in [6.07, 6.45) is 3.17. The lowest BCUT2D eigenvalue weighted by molar-refractivity contribution is -0.111. The molecule has 4 rings (SSSR count). The first-order valence-electron chi connectivity index (χ1n) is 9.11. The molecule has 5 nitrogen and oxygen atoms in total. The maximum absolute atomic E-state index is 12.4. The van der Waals surface area contributed by atoms with Crippen LogP contribution < -0.4 is 10.1 Å². The van der Waals surface area contributed by atoms with Gasteiger partial charge in [0.25, 0.3) is 0 Å². The quantitative estimate of drug-likeness (QED) is 0.182. The number of nitrogens with one attached hydrogen (secondary N) is 1. The molecule has 1 aromatic heterocycles. The van der Waals surface area contributed by atoms with Gasteiger partial charge in [0, 0.05) is 29.8 Å². The van der Waals surface area contributed by atoms with E-state index in [0.717, 1.165) is 23.6 Å². The Hall–Kier alpha value is -2.17. The van der Waals surface area contributed by atoms with Crippen molar-refractivity contribution in [1.29, 1.82) is 0 Å². The van der Waals surface area contributed by atoms with Crippen LogP contribution in [0.25, 0.3) is 28.6 Å². The number of ether oxygens (including phenoxy) is 1. The summed E-state index contributed by atoms with van der Waals surface area (Å²) in [6, 6.07) is 16.9. The van der Waals surface area contributed by atoms with Crippen LogP contribution in [0.2, 0.25) is 0 Å². The summed E-state index contributed by atoms with van der Waals surface area (Å²) in [7, 11) is 1.59. The second-order valence-corrected chi connectivity index (χ2v) is 9.55. The highest BCUT2D eigenvalue weighted by Crippen LogP contribution is 2.32. The molecule has 156 valence electrons. The molecule has 0 unspecified atom stereocenters. The van der Waals surface area contributed by atoms with Crippen LogP contribution in [0.4, 0.5) is 5.69 Å². The fourth-order valence-corrected chi connectivity index (χ4v) is 4.25. The van der Waals surface area contributed by atoms with Crippen molar-refractivity contribution in [2.24, 2.45) is 0 Å². The third-order valence-corrected chi connectivity index (χ3v) is 6.28. The predicted octanol–water partition coefficient (Wildman–Crippen LogP) is 7.28. The maximum Gasteiger partial charge on any atom is 0.248 e. The molecule has 0 spiro atoms. The van der Waals surface area contributed by atoms with Crippen LogP contribution in [-0.4, -0.2) is 18.0 Å². The summed E-state index contributed by atoms with van der Waals surface area (Å²) in [5, 5.41) is 2.86. The lowest BCUT2D eigenvalue weighted by Gasteiger charge is -2.05. The van der Waals surface area contributed by atoms with Gasteiger partial charge in [-0.1, -0.05) is 15.9 Å². The molecule has 1 N–H and O–H groups in total. The molecule has 1 heterocycles. The van der Waals surface area contributed by atoms with E-state index in [1.54, 1.807) is 31.4 Å². The molecule has 3 aromatic carbocycles. The van der Waals surface area contributed by atoms with Crippen LogP contribution in [0, 0.1) is 3.57 Å². The van der Waals surface area contributed by atoms with Gasteiger partial charge in [-0.15, -0.1) is 0 Å². The van der Waals surface area contributed by atoms with E-state index in [1.165, 1.54) is 6.08 Å². The number of benzene rings is 3. The van der Waals surface area contributed by atoms with Crippen molar-refractivity contribution in [1.82, 2.24) is 4.98 Å². The lowest BCUT2D eigenvalue weighted by Crippen LogP contribution is -2.07. The average Bonchev–Trinajstić information content (AvgIpc) is 3.17. The van der Waals surface area contributed by atoms with E-state index in [0.29, 0.717) is 28.4 Å². The Labute approximate surface area is 209 Å². The van der Waals surface area contributed by atoms with Gasteiger partial charge in [0.05, 0.1) is 12.7 Å². The second kappa shape index (κ2) is 9.54. The number of carbonyl (C=O) groups excluding carboxylic acids is 1. The van der Waals surface area contributed by atoms with Crippen molar-refractivity contribution in [3.05, 3.63) is 78.8 Å². The molecule has 0 saturated carbocycles. The number of fused-ring (bicyclic) bond motifs is 1. The van der Waals surface area contributed by atoms with Crippen LogP contribution in [0.15, 0.2) is 74.0 Å². The zero-order valence-electron chi connectivity index (χ0n) is 16.2. The van der Waals surface area contributed by atoms with E-state index in [-0.39, 0.29) is 5.91 Å². The van der Waals surface area contributed by atoms with Gasteiger partial charge >= 0.3 is 0 Å². The largest absolute Gasteiger partial charge is 0.496 e. The van der Waals surface area contributed by atoms with E-state index in [1.807, 2.05) is 36.4 Å². The molecule has 0 fully saturated rings. The number of halogens is 3. The molecule has 0 bridgehead atoms. The summed E-state index contributed by atoms with van der Waals surface area (Å²) in [4.78, 5) is 17.0. The van der Waals surface area contributed by atoms with Crippen LogP contribution in [-0.2, 0) is 4.79 Å². The highest BCUT2D eigenvalue weighted by atomic mass is 127. The minimum absolute atomic E-state index is 0.259. The Bertz CT molecular complexity index is 1320. The number of nitrogens with zero attached hydrogens (tertiary/aromatic N) is 1. The Morgan fingerprint density at radius 1 is 1.13 bits per heavy atom. The molecule has 0 atom stereocenters. The minimum atomic E-state index is -0.259. The van der Waals surface area contributed by atoms with Crippen molar-refractivity contribution in [3.8, 4) is 17.2 Å². The van der Waals surface area contributed by atoms with Crippen LogP contribution in [0.5, 0.6) is 5.75 Å². The van der Waals surface area contributed by atoms with Gasteiger partial charge in [-0.25, -0.2) is 4.98 Å². The van der Waals surface area contributed by atoms with Gasteiger partial charge in [-0.2, -0.15) is 0 Å². The fourth-order valence-electron chi connectivity index (χ4n) is 2.97. The van der Waals surface area contributed by atoms with Gasteiger partial charge < -0.3 is 14.5 Å². The van der Waals surface area contributed by atoms with Gasteiger partial charge in [0.2, 0.25) is 11.8 Å². The van der Waals surface area contributed by atoms with Crippen LogP contribution in [0.1, 0.15) is 5.56 Å². The SMILES string of the molecule is COc1ccc(Br)cc1C=CC(=O)Nc1ccc2oc(-c3cc(I)ccc3Br)nc2c1. The number of oxazole rings is 1. The first-order valence-corrected chi connectivity index (χ1v) is 11.8. The zero-order chi connectivity index (χ0) is 22.0. The topological polar surface area (TPSA) is 64.4 Å². The monoisotopic (exact) mass is 652 g/mol. The molecule has 0 aliphatic heterocycles. The smallest absolute Gasteiger partial charge is 0.248 e. The normalized spacial score (nSPS) is 11.2. The standard InChI is InChI=1S/C23H15Br2IN2O3/c1-30-20-7-3-14(24)10-13(20)2-9-22(29)27-16-5-8-21-19(12-16)28-23(31-21)17-11-15(26)4-6-18(17)25/h2-12H,1H3,(H,27,29). The van der Waals surface area contributed by atoms with E-state index < -0.39 is 0 Å². The number of hydrogen-bond acceptors (Lipinski definition) is 4. The molecule has 0 saturated heterocycles. The molecule has 0 radical (unpaired) electrons. The fraction of sp³-hybridized carbons (Fsp3) is 0.0435. The Kier molecular flexibility index (Phi) is 6.78. The van der Waals surface area contributed by atoms with Crippen molar-refractivity contribution in [2.75, 3.05) is 12.4 Å². The summed E-state index contributed by atoms with van der Waals surface area (Å²) in [6.45, 7) is 0. The summed E-state index contributed by atoms with van der Waals surface area (Å²) < 4.78 is 14.1. The molecule has 1 amide bonds. The van der Waals surface area contributed by atoms with Crippen molar-refractivity contribution in [3.63, 3.8) is 0 Å². The van der Waals surface area contributed by atoms with E-state index in [9.17, 15) is 4.79 Å². The van der Waals surface area contributed by atoms with E-state index >= 15 is 0 Å². The maximum atomic E-state index is 12.4. The van der Waals surface area contributed by atoms with Crippen molar-refractivity contribution in [2.45, 2.75) is 0 Å². The minimum Gasteiger partial charge on any atom is -0.496 e. The van der Waals surface area contributed by atoms with Gasteiger partial charge in [-0.3, -0.25) is 4.79 Å². The Balaban J connectivity index is 1.55. The van der Waals surface area contributed by atoms with Crippen molar-refractivity contribution >= 4 is 83.2 Å². The molecule has 4 aromatic rings. The van der Waals surface area contributed by atoms with E-state index in [2.05, 4.69) is 64.8 Å². The van der Waals surface area contributed by atoms with Crippen LogP contribution in [0.3, 0.4) is 0 Å². The number of carbonyl (C=O) groups is 1. The molecular weight excluding hydrogens is 639 g/mol. The summed E-state index contributed by atoms with van der Waals surface area (Å²) in [5.74, 6) is 0.946. The predicted molar refractivity (Wildman–Crippen MR) is 138 cm³/mol. The Morgan fingerprint density at radius 3 is 2.77 bits per heavy atom. The number of amides is 1. The number of methoxy groups -OCH3 is 1. The number of aromatic nitrogens is 1. The third-order valence-electron chi connectivity index (χ3n) is 4.42. The molecule has 0 aliphatic carbocycles. The highest BCUT2D eigenvalue weighted by molar-refractivity contribution is 14.1. The Morgan fingerprint density at radius 2 is 1.97 bits per heavy atom. The molecule has 31 heavy (non-hydrogen) atoms. The van der Waals surface area contributed by atoms with Crippen molar-refractivity contribution < 1.29 is 13.9 Å². The highest BCUT2D eigenvalue weighted by Gasteiger charge is 2.13. The number of hydrogen-bond donors (Lipinski definition) is 1. The zero-order valence-corrected chi connectivity index (χ0v) is 21.5. The third kappa shape index (κ3) is 5.19. The lowest BCUT2D eigenvalue weighted by atomic mass is 10.2. The molecule has 0 aliphatic rings. The van der Waals surface area contributed by atoms with Gasteiger partial charge in [0.15, 0.2) is 5.58 Å². The molecule has 8 heteroatoms. The first kappa shape index (κ1) is 22.0. The number of rotatable bonds is 5. The first-order chi connectivity index (χ1) is 14.9. The second-order valence-electron chi connectivity index (χ2n) is 6.53. The number of anilines is 1. The molecular formula is C23H15Br2IN2O3. The van der Waals surface area contributed by atoms with E-state index in [4.69, 9.17) is 9.15 Å². The summed E-state index contributed by atoms with van der Waals surface area (Å²) >= 11 is 9.22. The summed E-state index contributed by atoms with van der Waals surface area (Å²) in [5.41, 5.74) is 3.61. The van der Waals surface area contributed by atoms with Gasteiger partial charge in [-0.05, 0) is 99.2 Å². The van der Waals surface area contributed by atoms with Crippen LogP contribution >= 0.6 is 54.5 Å².